The molecule has 0 heterocycles. The number of aldehydes is 1. The first-order chi connectivity index (χ1) is 14.2. The zero-order valence-electron chi connectivity index (χ0n) is 15.9. The van der Waals surface area contributed by atoms with Crippen LogP contribution in [0.25, 0.3) is 0 Å². The molecule has 0 aliphatic carbocycles. The van der Waals surface area contributed by atoms with Crippen LogP contribution in [0.5, 0.6) is 0 Å². The number of nitrogens with two attached hydrogens (primary N) is 1. The molecule has 156 valence electrons. The molecule has 0 bridgehead atoms. The van der Waals surface area contributed by atoms with Gasteiger partial charge in [0.1, 0.15) is 17.9 Å². The van der Waals surface area contributed by atoms with Crippen LogP contribution in [-0.4, -0.2) is 41.3 Å². The fraction of sp³-hybridized carbons (Fsp3) is 0.190. The molecule has 0 saturated carbocycles. The number of hydrogen-bond acceptors (Lipinski definition) is 5. The van der Waals surface area contributed by atoms with Crippen molar-refractivity contribution in [2.24, 2.45) is 5.73 Å². The Balaban J connectivity index is 2.14. The number of rotatable bonds is 6. The van der Waals surface area contributed by atoms with Crippen LogP contribution in [0.1, 0.15) is 38.8 Å². The Bertz CT molecular complexity index is 978. The zero-order valence-corrected chi connectivity index (χ0v) is 15.9. The fourth-order valence-electron chi connectivity index (χ4n) is 2.40. The van der Waals surface area contributed by atoms with Crippen LogP contribution in [0.4, 0.5) is 8.78 Å². The lowest BCUT2D eigenvalue weighted by atomic mass is 9.92. The van der Waals surface area contributed by atoms with E-state index >= 15 is 0 Å². The third-order valence-corrected chi connectivity index (χ3v) is 4.29. The Morgan fingerprint density at radius 3 is 2.00 bits per heavy atom. The molecule has 0 fully saturated rings. The van der Waals surface area contributed by atoms with Gasteiger partial charge >= 0.3 is 0 Å². The van der Waals surface area contributed by atoms with Gasteiger partial charge in [0.15, 0.2) is 0 Å². The van der Waals surface area contributed by atoms with E-state index in [4.69, 9.17) is 10.9 Å². The molecule has 2 rings (SSSR count). The maximum atomic E-state index is 13.2. The lowest BCUT2D eigenvalue weighted by molar-refractivity contribution is -0.134. The van der Waals surface area contributed by atoms with Crippen LogP contribution in [0.3, 0.4) is 0 Å². The molecule has 2 atom stereocenters. The minimum absolute atomic E-state index is 0.0803. The van der Waals surface area contributed by atoms with E-state index in [1.807, 2.05) is 0 Å². The van der Waals surface area contributed by atoms with Gasteiger partial charge in [-0.15, -0.1) is 0 Å². The van der Waals surface area contributed by atoms with E-state index in [-0.39, 0.29) is 5.56 Å². The highest BCUT2D eigenvalue weighted by molar-refractivity contribution is 5.98. The van der Waals surface area contributed by atoms with E-state index in [1.54, 1.807) is 24.3 Å². The van der Waals surface area contributed by atoms with E-state index in [2.05, 4.69) is 17.2 Å². The first-order valence-corrected chi connectivity index (χ1v) is 8.68. The second kappa shape index (κ2) is 9.73. The van der Waals surface area contributed by atoms with Crippen molar-refractivity contribution in [1.29, 1.82) is 0 Å². The van der Waals surface area contributed by atoms with Crippen molar-refractivity contribution in [3.05, 3.63) is 70.8 Å². The minimum Gasteiger partial charge on any atom is -0.338 e. The van der Waals surface area contributed by atoms with Crippen molar-refractivity contribution in [3.8, 4) is 11.8 Å². The van der Waals surface area contributed by atoms with Gasteiger partial charge in [0.05, 0.1) is 0 Å². The predicted molar refractivity (Wildman–Crippen MR) is 104 cm³/mol. The smallest absolute Gasteiger partial charge is 0.268 e. The summed E-state index contributed by atoms with van der Waals surface area (Å²) in [4.78, 5) is 34.7. The van der Waals surface area contributed by atoms with E-state index < -0.39 is 29.8 Å². The van der Waals surface area contributed by atoms with Gasteiger partial charge in [-0.1, -0.05) is 24.0 Å². The molecule has 0 spiro atoms. The Labute approximate surface area is 171 Å². The first-order valence-electron chi connectivity index (χ1n) is 8.68. The maximum Gasteiger partial charge on any atom is 0.268 e. The Morgan fingerprint density at radius 1 is 1.07 bits per heavy atom. The molecule has 0 aliphatic rings. The molecule has 0 aromatic heterocycles. The second-order valence-corrected chi connectivity index (χ2v) is 6.62. The van der Waals surface area contributed by atoms with Gasteiger partial charge in [0.2, 0.25) is 0 Å². The number of amides is 2. The summed E-state index contributed by atoms with van der Waals surface area (Å²) in [7, 11) is 0. The summed E-state index contributed by atoms with van der Waals surface area (Å²) in [5.74, 6) is 3.69. The normalized spacial score (nSPS) is 13.4. The monoisotopic (exact) mass is 415 g/mol. The molecule has 2 amide bonds. The molecule has 5 N–H and O–H groups in total. The molecule has 30 heavy (non-hydrogen) atoms. The van der Waals surface area contributed by atoms with E-state index in [0.717, 1.165) is 13.2 Å². The molecule has 0 radical (unpaired) electrons. The van der Waals surface area contributed by atoms with E-state index in [9.17, 15) is 23.2 Å². The largest absolute Gasteiger partial charge is 0.338 e. The van der Waals surface area contributed by atoms with E-state index in [1.165, 1.54) is 29.7 Å². The highest BCUT2D eigenvalue weighted by Gasteiger charge is 2.44. The van der Waals surface area contributed by atoms with Gasteiger partial charge in [-0.3, -0.25) is 19.6 Å². The number of hydrogen-bond donors (Lipinski definition) is 4. The third kappa shape index (κ3) is 5.47. The molecular weight excluding hydrogens is 396 g/mol. The lowest BCUT2D eigenvalue weighted by Crippen LogP contribution is -2.66. The molecule has 9 heteroatoms. The Kier molecular flexibility index (Phi) is 7.36. The van der Waals surface area contributed by atoms with Crippen molar-refractivity contribution >= 4 is 18.1 Å². The minimum atomic E-state index is -3.14. The maximum absolute atomic E-state index is 13.2. The second-order valence-electron chi connectivity index (χ2n) is 6.62. The molecular formula is C21H19F2N3O4. The Hall–Kier alpha value is -3.61. The van der Waals surface area contributed by atoms with Crippen LogP contribution >= 0.6 is 0 Å². The highest BCUT2D eigenvalue weighted by atomic mass is 19.3. The summed E-state index contributed by atoms with van der Waals surface area (Å²) in [5.41, 5.74) is 6.16. The number of halogens is 2. The number of benzene rings is 2. The summed E-state index contributed by atoms with van der Waals surface area (Å²) in [6, 6.07) is 10.7. The molecule has 2 aromatic carbocycles. The van der Waals surface area contributed by atoms with Crippen LogP contribution in [0, 0.1) is 11.8 Å². The van der Waals surface area contributed by atoms with Crippen LogP contribution in [0.2, 0.25) is 0 Å². The summed E-state index contributed by atoms with van der Waals surface area (Å²) >= 11 is 0. The summed E-state index contributed by atoms with van der Waals surface area (Å²) < 4.78 is 26.3. The van der Waals surface area contributed by atoms with Gasteiger partial charge in [0, 0.05) is 22.3 Å². The van der Waals surface area contributed by atoms with Crippen molar-refractivity contribution in [3.63, 3.8) is 0 Å². The lowest BCUT2D eigenvalue weighted by Gasteiger charge is -2.32. The van der Waals surface area contributed by atoms with Crippen molar-refractivity contribution < 1.29 is 28.4 Å². The standard InChI is InChI=1S/C21H19F2N3O4/c1-21(24,20(22)23)17(19(29)26-30)25-18(28)16-10-8-14(9-11-16)3-2-13-4-6-15(12-27)7-5-13/h4-12,17,20,30H,24H2,1H3,(H,25,28)(H,26,29). The number of carbonyl (C=O) groups excluding carboxylic acids is 3. The molecule has 0 saturated heterocycles. The average molecular weight is 415 g/mol. The highest BCUT2D eigenvalue weighted by Crippen LogP contribution is 2.18. The number of nitrogens with one attached hydrogen (secondary N) is 2. The topological polar surface area (TPSA) is 122 Å². The molecule has 2 aromatic rings. The van der Waals surface area contributed by atoms with Gasteiger partial charge in [-0.2, -0.15) is 0 Å². The van der Waals surface area contributed by atoms with Gasteiger partial charge in [-0.25, -0.2) is 14.3 Å². The van der Waals surface area contributed by atoms with Crippen molar-refractivity contribution in [2.45, 2.75) is 24.9 Å². The molecule has 0 aliphatic heterocycles. The SMILES string of the molecule is CC(N)(C(F)F)C(NC(=O)c1ccc(C#Cc2ccc(C=O)cc2)cc1)C(=O)NO. The number of hydroxylamine groups is 1. The summed E-state index contributed by atoms with van der Waals surface area (Å²) in [5, 5.41) is 10.9. The molecule has 7 nitrogen and oxygen atoms in total. The van der Waals surface area contributed by atoms with Crippen molar-refractivity contribution in [1.82, 2.24) is 10.8 Å². The predicted octanol–water partition coefficient (Wildman–Crippen LogP) is 1.49. The van der Waals surface area contributed by atoms with Gasteiger partial charge in [-0.05, 0) is 43.3 Å². The average Bonchev–Trinajstić information content (AvgIpc) is 2.75. The van der Waals surface area contributed by atoms with Gasteiger partial charge < -0.3 is 11.1 Å². The summed E-state index contributed by atoms with van der Waals surface area (Å²) in [6.07, 6.45) is -2.41. The summed E-state index contributed by atoms with van der Waals surface area (Å²) in [6.45, 7) is 0.887. The van der Waals surface area contributed by atoms with E-state index in [0.29, 0.717) is 16.7 Å². The third-order valence-electron chi connectivity index (χ3n) is 4.29. The van der Waals surface area contributed by atoms with Gasteiger partial charge in [0.25, 0.3) is 18.2 Å². The Morgan fingerprint density at radius 2 is 1.57 bits per heavy atom. The number of carbonyl (C=O) groups is 3. The van der Waals surface area contributed by atoms with Crippen LogP contribution < -0.4 is 16.5 Å². The van der Waals surface area contributed by atoms with Crippen molar-refractivity contribution in [2.75, 3.05) is 0 Å². The van der Waals surface area contributed by atoms with Crippen LogP contribution in [0.15, 0.2) is 48.5 Å². The quantitative estimate of drug-likeness (QED) is 0.247. The fourth-order valence-corrected chi connectivity index (χ4v) is 2.40. The number of alkyl halides is 2. The first kappa shape index (κ1) is 22.7. The zero-order chi connectivity index (χ0) is 22.3. The van der Waals surface area contributed by atoms with Crippen LogP contribution in [-0.2, 0) is 4.79 Å². The molecule has 2 unspecified atom stereocenters.